The Bertz CT molecular complexity index is 305. The highest BCUT2D eigenvalue weighted by Gasteiger charge is 2.25. The molecule has 5 heteroatoms. The van der Waals surface area contributed by atoms with Crippen LogP contribution < -0.4 is 0 Å². The first-order valence-electron chi connectivity index (χ1n) is 7.07. The molecule has 0 aliphatic rings. The summed E-state index contributed by atoms with van der Waals surface area (Å²) >= 11 is 0. The number of carbonyl (C=O) groups excluding carboxylic acids is 1. The normalized spacial score (nSPS) is 12.7. The van der Waals surface area contributed by atoms with Gasteiger partial charge in [-0.25, -0.2) is 4.79 Å². The minimum Gasteiger partial charge on any atom is -0.519 e. The molecule has 0 aromatic rings. The molecule has 0 aromatic carbocycles. The first kappa shape index (κ1) is 18.0. The fraction of sp³-hybridized carbons (Fsp3) is 0.786. The van der Waals surface area contributed by atoms with Crippen molar-refractivity contribution in [1.82, 2.24) is 0 Å². The molecule has 0 bridgehead atoms. The van der Waals surface area contributed by atoms with E-state index in [9.17, 15) is 4.79 Å². The van der Waals surface area contributed by atoms with Crippen molar-refractivity contribution in [2.45, 2.75) is 59.7 Å². The molecule has 0 rings (SSSR count). The zero-order chi connectivity index (χ0) is 14.9. The fourth-order valence-electron chi connectivity index (χ4n) is 1.45. The molecule has 0 amide bonds. The van der Waals surface area contributed by atoms with Crippen LogP contribution in [0.25, 0.3) is 0 Å². The van der Waals surface area contributed by atoms with Crippen molar-refractivity contribution in [3.63, 3.8) is 0 Å². The van der Waals surface area contributed by atoms with Gasteiger partial charge in [-0.05, 0) is 46.3 Å². The lowest BCUT2D eigenvalue weighted by Gasteiger charge is -2.23. The van der Waals surface area contributed by atoms with Gasteiger partial charge < -0.3 is 13.9 Å². The third-order valence-corrected chi connectivity index (χ3v) is 3.02. The number of ether oxygens (including phenoxy) is 2. The molecule has 0 spiro atoms. The van der Waals surface area contributed by atoms with Crippen molar-refractivity contribution in [2.24, 2.45) is 0 Å². The number of hydrogen-bond donors (Lipinski definition) is 0. The smallest absolute Gasteiger partial charge is 0.341 e. The zero-order valence-corrected chi connectivity index (χ0v) is 14.2. The van der Waals surface area contributed by atoms with E-state index in [4.69, 9.17) is 13.9 Å². The molecule has 112 valence electrons. The van der Waals surface area contributed by atoms with E-state index in [1.807, 2.05) is 6.92 Å². The largest absolute Gasteiger partial charge is 0.519 e. The molecule has 0 radical (unpaired) electrons. The van der Waals surface area contributed by atoms with Gasteiger partial charge in [-0.15, -0.1) is 0 Å². The summed E-state index contributed by atoms with van der Waals surface area (Å²) in [6.07, 6.45) is 2.56. The second-order valence-electron chi connectivity index (χ2n) is 5.24. The molecule has 19 heavy (non-hydrogen) atoms. The average Bonchev–Trinajstić information content (AvgIpc) is 2.28. The van der Waals surface area contributed by atoms with Crippen LogP contribution in [0.2, 0.25) is 19.6 Å². The molecule has 0 heterocycles. The first-order valence-corrected chi connectivity index (χ1v) is 10.5. The Labute approximate surface area is 118 Å². The second-order valence-corrected chi connectivity index (χ2v) is 9.67. The van der Waals surface area contributed by atoms with Crippen LogP contribution in [-0.2, 0) is 18.7 Å². The van der Waals surface area contributed by atoms with Gasteiger partial charge in [0, 0.05) is 0 Å². The molecule has 0 atom stereocenters. The van der Waals surface area contributed by atoms with Gasteiger partial charge in [-0.3, -0.25) is 0 Å². The Morgan fingerprint density at radius 3 is 2.00 bits per heavy atom. The van der Waals surface area contributed by atoms with E-state index in [1.165, 1.54) is 0 Å². The summed E-state index contributed by atoms with van der Waals surface area (Å²) in [7, 11) is -1.82. The average molecular weight is 288 g/mol. The molecular weight excluding hydrogens is 260 g/mol. The molecule has 0 N–H and O–H groups in total. The molecule has 0 aliphatic carbocycles. The summed E-state index contributed by atoms with van der Waals surface area (Å²) in [5.41, 5.74) is 0.535. The van der Waals surface area contributed by atoms with Crippen molar-refractivity contribution < 1.29 is 18.7 Å². The molecule has 0 saturated heterocycles. The number of rotatable bonds is 9. The van der Waals surface area contributed by atoms with E-state index in [2.05, 4.69) is 26.6 Å². The predicted molar refractivity (Wildman–Crippen MR) is 79.2 cm³/mol. The van der Waals surface area contributed by atoms with Gasteiger partial charge in [0.2, 0.25) is 8.32 Å². The maximum absolute atomic E-state index is 12.0. The van der Waals surface area contributed by atoms with E-state index in [0.717, 1.165) is 12.8 Å². The summed E-state index contributed by atoms with van der Waals surface area (Å²) in [5, 5.41) is 0. The summed E-state index contributed by atoms with van der Waals surface area (Å²) in [4.78, 5) is 12.0. The van der Waals surface area contributed by atoms with Crippen LogP contribution in [0, 0.1) is 0 Å². The summed E-state index contributed by atoms with van der Waals surface area (Å²) in [6, 6.07) is 0. The molecule has 0 unspecified atom stereocenters. The van der Waals surface area contributed by atoms with Crippen LogP contribution in [0.1, 0.15) is 40.0 Å². The van der Waals surface area contributed by atoms with Crippen molar-refractivity contribution in [1.29, 1.82) is 0 Å². The van der Waals surface area contributed by atoms with E-state index in [0.29, 0.717) is 31.2 Å². The van der Waals surface area contributed by atoms with Gasteiger partial charge in [-0.1, -0.05) is 13.3 Å². The summed E-state index contributed by atoms with van der Waals surface area (Å²) < 4.78 is 16.5. The summed E-state index contributed by atoms with van der Waals surface area (Å²) in [6.45, 7) is 12.8. The van der Waals surface area contributed by atoms with E-state index in [1.54, 1.807) is 6.92 Å². The molecule has 0 aliphatic heterocycles. The maximum Gasteiger partial charge on any atom is 0.341 e. The van der Waals surface area contributed by atoms with Crippen LogP contribution >= 0.6 is 0 Å². The standard InChI is InChI=1S/C14H28O4Si/c1-7-10-11-12(13(15)16-8-2)14(17-9-3)18-19(4,5)6/h7-11H2,1-6H3/b14-12+. The zero-order valence-electron chi connectivity index (χ0n) is 13.2. The highest BCUT2D eigenvalue weighted by atomic mass is 28.4. The molecule has 0 fully saturated rings. The van der Waals surface area contributed by atoms with Crippen molar-refractivity contribution >= 4 is 14.3 Å². The van der Waals surface area contributed by atoms with Crippen molar-refractivity contribution in [3.8, 4) is 0 Å². The molecular formula is C14H28O4Si. The highest BCUT2D eigenvalue weighted by molar-refractivity contribution is 6.70. The Kier molecular flexibility index (Phi) is 8.55. The second kappa shape index (κ2) is 9.01. The fourth-order valence-corrected chi connectivity index (χ4v) is 2.18. The Balaban J connectivity index is 5.22. The number of hydrogen-bond acceptors (Lipinski definition) is 4. The van der Waals surface area contributed by atoms with Crippen molar-refractivity contribution in [2.75, 3.05) is 13.2 Å². The lowest BCUT2D eigenvalue weighted by atomic mass is 10.1. The highest BCUT2D eigenvalue weighted by Crippen LogP contribution is 2.21. The van der Waals surface area contributed by atoms with Gasteiger partial charge in [0.25, 0.3) is 5.95 Å². The SMILES string of the molecule is CCCC/C(C(=O)OCC)=C(/OCC)O[Si](C)(C)C. The number of unbranched alkanes of at least 4 members (excludes halogenated alkanes) is 1. The monoisotopic (exact) mass is 288 g/mol. The predicted octanol–water partition coefficient (Wildman–Crippen LogP) is 3.84. The van der Waals surface area contributed by atoms with E-state index in [-0.39, 0.29) is 5.97 Å². The molecule has 0 saturated carbocycles. The first-order chi connectivity index (χ1) is 8.85. The Hall–Kier alpha value is -0.973. The van der Waals surface area contributed by atoms with Gasteiger partial charge in [-0.2, -0.15) is 0 Å². The van der Waals surface area contributed by atoms with Crippen molar-refractivity contribution in [3.05, 3.63) is 11.5 Å². The third kappa shape index (κ3) is 7.92. The lowest BCUT2D eigenvalue weighted by Crippen LogP contribution is -2.27. The molecule has 0 aromatic heterocycles. The summed E-state index contributed by atoms with van der Waals surface area (Å²) in [5.74, 6) is 0.0474. The number of esters is 1. The van der Waals surface area contributed by atoms with Gasteiger partial charge >= 0.3 is 5.97 Å². The minimum atomic E-state index is -1.82. The number of carbonyl (C=O) groups is 1. The van der Waals surface area contributed by atoms with Crippen LogP contribution in [0.4, 0.5) is 0 Å². The van der Waals surface area contributed by atoms with Crippen LogP contribution in [0.5, 0.6) is 0 Å². The van der Waals surface area contributed by atoms with Gasteiger partial charge in [0.1, 0.15) is 5.57 Å². The maximum atomic E-state index is 12.0. The third-order valence-electron chi connectivity index (χ3n) is 2.22. The topological polar surface area (TPSA) is 44.8 Å². The van der Waals surface area contributed by atoms with Gasteiger partial charge in [0.15, 0.2) is 0 Å². The van der Waals surface area contributed by atoms with E-state index >= 15 is 0 Å². The van der Waals surface area contributed by atoms with Gasteiger partial charge in [0.05, 0.1) is 13.2 Å². The minimum absolute atomic E-state index is 0.322. The lowest BCUT2D eigenvalue weighted by molar-refractivity contribution is -0.139. The Morgan fingerprint density at radius 2 is 1.58 bits per heavy atom. The van der Waals surface area contributed by atoms with Crippen LogP contribution in [0.3, 0.4) is 0 Å². The Morgan fingerprint density at radius 1 is 1.00 bits per heavy atom. The molecule has 4 nitrogen and oxygen atoms in total. The van der Waals surface area contributed by atoms with Crippen LogP contribution in [0.15, 0.2) is 11.5 Å². The quantitative estimate of drug-likeness (QED) is 0.280. The van der Waals surface area contributed by atoms with Crippen LogP contribution in [-0.4, -0.2) is 27.5 Å². The van der Waals surface area contributed by atoms with E-state index < -0.39 is 8.32 Å².